The van der Waals surface area contributed by atoms with E-state index >= 15 is 0 Å². The van der Waals surface area contributed by atoms with Crippen LogP contribution in [0, 0.1) is 6.92 Å². The van der Waals surface area contributed by atoms with Gasteiger partial charge in [0.1, 0.15) is 5.69 Å². The molecule has 0 radical (unpaired) electrons. The molecule has 5 nitrogen and oxygen atoms in total. The average molecular weight is 372 g/mol. The topological polar surface area (TPSA) is 62.2 Å². The summed E-state index contributed by atoms with van der Waals surface area (Å²) in [6.45, 7) is 2.04. The van der Waals surface area contributed by atoms with Gasteiger partial charge in [-0.05, 0) is 37.3 Å². The summed E-state index contributed by atoms with van der Waals surface area (Å²) in [4.78, 5) is 21.3. The Morgan fingerprint density at radius 1 is 1.15 bits per heavy atom. The maximum atomic E-state index is 12.5. The van der Waals surface area contributed by atoms with Gasteiger partial charge in [-0.1, -0.05) is 23.8 Å². The molecule has 5 rings (SSSR count). The van der Waals surface area contributed by atoms with Crippen LogP contribution in [0.15, 0.2) is 66.3 Å². The van der Waals surface area contributed by atoms with Crippen molar-refractivity contribution in [2.24, 2.45) is 0 Å². The molecule has 0 aliphatic heterocycles. The molecule has 0 bridgehead atoms. The molecule has 2 N–H and O–H groups in total. The first-order valence-electron chi connectivity index (χ1n) is 8.59. The molecule has 0 aliphatic carbocycles. The Labute approximate surface area is 159 Å². The molecule has 0 unspecified atom stereocenters. The van der Waals surface area contributed by atoms with E-state index in [0.717, 1.165) is 32.8 Å². The lowest BCUT2D eigenvalue weighted by atomic mass is 10.1. The van der Waals surface area contributed by atoms with Crippen LogP contribution in [-0.4, -0.2) is 20.3 Å². The highest BCUT2D eigenvalue weighted by Gasteiger charge is 2.11. The van der Waals surface area contributed by atoms with E-state index in [1.165, 1.54) is 5.56 Å². The van der Waals surface area contributed by atoms with Crippen LogP contribution < -0.4 is 5.32 Å². The zero-order valence-corrected chi connectivity index (χ0v) is 15.4. The number of rotatable bonds is 3. The molecular weight excluding hydrogens is 356 g/mol. The molecule has 3 heterocycles. The largest absolute Gasteiger partial charge is 0.351 e. The molecule has 6 heteroatoms. The third-order valence-electron chi connectivity index (χ3n) is 4.55. The number of thiazole rings is 1. The number of carbonyl (C=O) groups excluding carboxylic acids is 1. The molecule has 3 aromatic heterocycles. The maximum absolute atomic E-state index is 12.5. The molecule has 0 aliphatic rings. The van der Waals surface area contributed by atoms with Crippen molar-refractivity contribution in [2.75, 3.05) is 5.32 Å². The number of nitrogens with one attached hydrogen (secondary N) is 2. The Hall–Kier alpha value is -3.38. The number of aryl methyl sites for hydroxylation is 1. The fraction of sp³-hybridized carbons (Fsp3) is 0.0476. The maximum Gasteiger partial charge on any atom is 0.272 e. The summed E-state index contributed by atoms with van der Waals surface area (Å²) in [5.74, 6) is -0.154. The van der Waals surface area contributed by atoms with E-state index in [4.69, 9.17) is 0 Å². The molecule has 2 aromatic carbocycles. The molecule has 5 aromatic rings. The summed E-state index contributed by atoms with van der Waals surface area (Å²) in [6, 6.07) is 15.7. The molecule has 27 heavy (non-hydrogen) atoms. The van der Waals surface area contributed by atoms with E-state index in [9.17, 15) is 4.79 Å². The molecule has 1 amide bonds. The predicted octanol–water partition coefficient (Wildman–Crippen LogP) is 5.10. The normalized spacial score (nSPS) is 11.3. The molecule has 0 atom stereocenters. The van der Waals surface area contributed by atoms with Crippen LogP contribution in [-0.2, 0) is 0 Å². The molecule has 132 valence electrons. The fourth-order valence-corrected chi connectivity index (χ4v) is 3.86. The van der Waals surface area contributed by atoms with Crippen LogP contribution >= 0.6 is 11.3 Å². The summed E-state index contributed by atoms with van der Waals surface area (Å²) in [7, 11) is 0. The van der Waals surface area contributed by atoms with Crippen molar-refractivity contribution in [1.29, 1.82) is 0 Å². The van der Waals surface area contributed by atoms with E-state index in [0.29, 0.717) is 5.69 Å². The highest BCUT2D eigenvalue weighted by Crippen LogP contribution is 2.23. The van der Waals surface area contributed by atoms with Gasteiger partial charge in [0.2, 0.25) is 0 Å². The number of nitrogens with zero attached hydrogens (tertiary/aromatic N) is 2. The van der Waals surface area contributed by atoms with E-state index in [1.807, 2.05) is 71.6 Å². The van der Waals surface area contributed by atoms with E-state index in [2.05, 4.69) is 21.4 Å². The molecule has 0 fully saturated rings. The lowest BCUT2D eigenvalue weighted by Crippen LogP contribution is -2.12. The number of carbonyl (C=O) groups is 1. The minimum atomic E-state index is -0.154. The van der Waals surface area contributed by atoms with Crippen LogP contribution in [0.5, 0.6) is 0 Å². The highest BCUT2D eigenvalue weighted by atomic mass is 32.1. The van der Waals surface area contributed by atoms with Crippen LogP contribution in [0.4, 0.5) is 5.69 Å². The van der Waals surface area contributed by atoms with Crippen LogP contribution in [0.2, 0.25) is 0 Å². The van der Waals surface area contributed by atoms with Crippen molar-refractivity contribution >= 4 is 38.8 Å². The second-order valence-corrected chi connectivity index (χ2v) is 7.40. The molecule has 0 spiro atoms. The number of benzene rings is 2. The highest BCUT2D eigenvalue weighted by molar-refractivity contribution is 7.15. The predicted molar refractivity (Wildman–Crippen MR) is 109 cm³/mol. The van der Waals surface area contributed by atoms with Crippen molar-refractivity contribution in [1.82, 2.24) is 14.4 Å². The first kappa shape index (κ1) is 15.8. The second-order valence-electron chi connectivity index (χ2n) is 6.52. The van der Waals surface area contributed by atoms with Gasteiger partial charge < -0.3 is 10.3 Å². The summed E-state index contributed by atoms with van der Waals surface area (Å²) < 4.78 is 2.01. The average Bonchev–Trinajstić information content (AvgIpc) is 3.36. The van der Waals surface area contributed by atoms with Gasteiger partial charge in [-0.2, -0.15) is 0 Å². The Morgan fingerprint density at radius 3 is 2.81 bits per heavy atom. The Balaban J connectivity index is 1.36. The lowest BCUT2D eigenvalue weighted by molar-refractivity contribution is 0.102. The number of aromatic amines is 1. The van der Waals surface area contributed by atoms with E-state index in [1.54, 1.807) is 11.3 Å². The summed E-state index contributed by atoms with van der Waals surface area (Å²) >= 11 is 1.61. The van der Waals surface area contributed by atoms with Crippen molar-refractivity contribution in [3.05, 3.63) is 77.6 Å². The molecule has 0 saturated heterocycles. The third kappa shape index (κ3) is 2.90. The van der Waals surface area contributed by atoms with Crippen LogP contribution in [0.3, 0.4) is 0 Å². The minimum absolute atomic E-state index is 0.154. The fourth-order valence-electron chi connectivity index (χ4n) is 3.16. The Morgan fingerprint density at radius 2 is 2.00 bits per heavy atom. The molecule has 0 saturated carbocycles. The summed E-state index contributed by atoms with van der Waals surface area (Å²) in [5.41, 5.74) is 5.37. The SMILES string of the molecule is Cc1ccc2[nH]c(C(=O)Nc3ccc(-c4cn5ccsc5n4)cc3)cc2c1. The quantitative estimate of drug-likeness (QED) is 0.462. The number of H-pyrrole nitrogens is 1. The van der Waals surface area contributed by atoms with Gasteiger partial charge in [0.25, 0.3) is 5.91 Å². The number of hydrogen-bond donors (Lipinski definition) is 2. The van der Waals surface area contributed by atoms with Gasteiger partial charge in [0.05, 0.1) is 5.69 Å². The number of anilines is 1. The van der Waals surface area contributed by atoms with Crippen LogP contribution in [0.1, 0.15) is 16.1 Å². The number of hydrogen-bond acceptors (Lipinski definition) is 3. The van der Waals surface area contributed by atoms with Gasteiger partial charge in [-0.15, -0.1) is 11.3 Å². The van der Waals surface area contributed by atoms with Crippen LogP contribution in [0.25, 0.3) is 27.1 Å². The molecular formula is C21H16N4OS. The van der Waals surface area contributed by atoms with Gasteiger partial charge in [0.15, 0.2) is 4.96 Å². The van der Waals surface area contributed by atoms with Gasteiger partial charge in [0, 0.05) is 39.9 Å². The van der Waals surface area contributed by atoms with Gasteiger partial charge >= 0.3 is 0 Å². The van der Waals surface area contributed by atoms with E-state index in [-0.39, 0.29) is 5.91 Å². The zero-order chi connectivity index (χ0) is 18.4. The Kier molecular flexibility index (Phi) is 3.58. The Bertz CT molecular complexity index is 1250. The van der Waals surface area contributed by atoms with Gasteiger partial charge in [-0.25, -0.2) is 4.98 Å². The second kappa shape index (κ2) is 6.10. The smallest absolute Gasteiger partial charge is 0.272 e. The third-order valence-corrected chi connectivity index (χ3v) is 5.32. The van der Waals surface area contributed by atoms with Crippen molar-refractivity contribution in [3.8, 4) is 11.3 Å². The number of imidazole rings is 1. The van der Waals surface area contributed by atoms with Crippen molar-refractivity contribution < 1.29 is 4.79 Å². The number of amides is 1. The van der Waals surface area contributed by atoms with Crippen molar-refractivity contribution in [2.45, 2.75) is 6.92 Å². The zero-order valence-electron chi connectivity index (χ0n) is 14.6. The van der Waals surface area contributed by atoms with Gasteiger partial charge in [-0.3, -0.25) is 9.20 Å². The first-order valence-corrected chi connectivity index (χ1v) is 9.47. The first-order chi connectivity index (χ1) is 13.2. The number of aromatic nitrogens is 3. The summed E-state index contributed by atoms with van der Waals surface area (Å²) in [5, 5.41) is 5.99. The standard InChI is InChI=1S/C21H16N4OS/c1-13-2-7-17-15(10-13)11-18(23-17)20(26)22-16-5-3-14(4-6-16)19-12-25-8-9-27-21(25)24-19/h2-12,23H,1H3,(H,22,26). The number of fused-ring (bicyclic) bond motifs is 2. The minimum Gasteiger partial charge on any atom is -0.351 e. The monoisotopic (exact) mass is 372 g/mol. The lowest BCUT2D eigenvalue weighted by Gasteiger charge is -2.04. The summed E-state index contributed by atoms with van der Waals surface area (Å²) in [6.07, 6.45) is 4.00. The van der Waals surface area contributed by atoms with E-state index < -0.39 is 0 Å². The van der Waals surface area contributed by atoms with Crippen molar-refractivity contribution in [3.63, 3.8) is 0 Å².